The molecule has 0 fully saturated rings. The number of hydrogen-bond donors (Lipinski definition) is 1. The fourth-order valence-corrected chi connectivity index (χ4v) is 3.45. The van der Waals surface area contributed by atoms with E-state index in [4.69, 9.17) is 10.00 Å². The lowest BCUT2D eigenvalue weighted by molar-refractivity contribution is -0.136. The van der Waals surface area contributed by atoms with Crippen molar-refractivity contribution in [2.45, 2.75) is 39.6 Å². The van der Waals surface area contributed by atoms with Gasteiger partial charge in [-0.3, -0.25) is 4.79 Å². The Balaban J connectivity index is 1.86. The fourth-order valence-electron chi connectivity index (χ4n) is 3.45. The number of halogens is 3. The Hall–Kier alpha value is -3.47. The number of fused-ring (bicyclic) bond motifs is 1. The molecule has 0 aliphatic rings. The third kappa shape index (κ3) is 4.40. The molecule has 3 aromatic rings. The molecule has 156 valence electrons. The van der Waals surface area contributed by atoms with Gasteiger partial charge in [-0.15, -0.1) is 0 Å². The zero-order valence-electron chi connectivity index (χ0n) is 16.7. The van der Waals surface area contributed by atoms with E-state index in [9.17, 15) is 18.0 Å². The summed E-state index contributed by atoms with van der Waals surface area (Å²) in [5, 5.41) is 11.8. The average molecular weight is 415 g/mol. The lowest BCUT2D eigenvalue weighted by atomic mass is 10.0. The van der Waals surface area contributed by atoms with Gasteiger partial charge in [0.05, 0.1) is 23.7 Å². The largest absolute Gasteiger partial charge is 0.489 e. The Labute approximate surface area is 171 Å². The summed E-state index contributed by atoms with van der Waals surface area (Å²) < 4.78 is 48.3. The number of aromatic nitrogens is 1. The minimum Gasteiger partial charge on any atom is -0.489 e. The summed E-state index contributed by atoms with van der Waals surface area (Å²) >= 11 is 0. The van der Waals surface area contributed by atoms with Gasteiger partial charge < -0.3 is 14.6 Å². The number of ether oxygens (including phenoxy) is 1. The molecule has 1 amide bonds. The molecule has 5 nitrogen and oxygen atoms in total. The molecule has 2 aromatic carbocycles. The Kier molecular flexibility index (Phi) is 5.74. The van der Waals surface area contributed by atoms with Crippen LogP contribution >= 0.6 is 0 Å². The smallest absolute Gasteiger partial charge is 0.418 e. The van der Waals surface area contributed by atoms with E-state index in [0.717, 1.165) is 0 Å². The van der Waals surface area contributed by atoms with Gasteiger partial charge in [-0.2, -0.15) is 18.4 Å². The monoisotopic (exact) mass is 415 g/mol. The molecule has 1 heterocycles. The number of rotatable bonds is 5. The Morgan fingerprint density at radius 1 is 1.23 bits per heavy atom. The van der Waals surface area contributed by atoms with Crippen molar-refractivity contribution in [3.8, 4) is 11.8 Å². The number of nitrogens with one attached hydrogen (secondary N) is 1. The number of amides is 1. The van der Waals surface area contributed by atoms with Crippen molar-refractivity contribution in [3.05, 3.63) is 59.3 Å². The summed E-state index contributed by atoms with van der Waals surface area (Å²) in [4.78, 5) is 11.1. The van der Waals surface area contributed by atoms with Crippen molar-refractivity contribution in [2.75, 3.05) is 5.32 Å². The molecule has 1 aromatic heterocycles. The predicted octanol–water partition coefficient (Wildman–Crippen LogP) is 5.27. The van der Waals surface area contributed by atoms with E-state index < -0.39 is 17.3 Å². The van der Waals surface area contributed by atoms with Crippen molar-refractivity contribution in [2.24, 2.45) is 0 Å². The summed E-state index contributed by atoms with van der Waals surface area (Å²) in [6.45, 7) is 5.29. The van der Waals surface area contributed by atoms with E-state index in [0.29, 0.717) is 29.2 Å². The number of aryl methyl sites for hydroxylation is 1. The van der Waals surface area contributed by atoms with Crippen molar-refractivity contribution in [3.63, 3.8) is 0 Å². The molecule has 3 rings (SSSR count). The maximum Gasteiger partial charge on any atom is 0.418 e. The number of nitriles is 1. The SMILES string of the molecule is CC(=O)Nc1ccc(OC(C)Cn2c(C)cc3c(C(F)(F)F)c(C#N)ccc32)cc1. The Morgan fingerprint density at radius 2 is 1.90 bits per heavy atom. The topological polar surface area (TPSA) is 67.0 Å². The fraction of sp³-hybridized carbons (Fsp3) is 0.273. The predicted molar refractivity (Wildman–Crippen MR) is 107 cm³/mol. The van der Waals surface area contributed by atoms with Gasteiger partial charge in [0.25, 0.3) is 0 Å². The molecule has 1 atom stereocenters. The molecule has 1 N–H and O–H groups in total. The third-order valence-electron chi connectivity index (χ3n) is 4.65. The first kappa shape index (κ1) is 21.2. The van der Waals surface area contributed by atoms with Crippen LogP contribution in [-0.2, 0) is 17.5 Å². The molecule has 0 radical (unpaired) electrons. The highest BCUT2D eigenvalue weighted by atomic mass is 19.4. The zero-order valence-corrected chi connectivity index (χ0v) is 16.7. The van der Waals surface area contributed by atoms with Gasteiger partial charge in [-0.1, -0.05) is 0 Å². The summed E-state index contributed by atoms with van der Waals surface area (Å²) in [6, 6.07) is 12.7. The number of carbonyl (C=O) groups is 1. The first-order valence-corrected chi connectivity index (χ1v) is 9.24. The van der Waals surface area contributed by atoms with E-state index in [1.165, 1.54) is 25.1 Å². The summed E-state index contributed by atoms with van der Waals surface area (Å²) in [6.07, 6.45) is -4.96. The Bertz CT molecular complexity index is 1130. The number of nitrogens with zero attached hydrogens (tertiary/aromatic N) is 2. The molecule has 0 aliphatic heterocycles. The zero-order chi connectivity index (χ0) is 22.1. The molecular weight excluding hydrogens is 395 g/mol. The normalized spacial score (nSPS) is 12.4. The molecule has 0 spiro atoms. The Morgan fingerprint density at radius 3 is 2.47 bits per heavy atom. The quantitative estimate of drug-likeness (QED) is 0.618. The summed E-state index contributed by atoms with van der Waals surface area (Å²) in [7, 11) is 0. The highest BCUT2D eigenvalue weighted by molar-refractivity contribution is 5.88. The maximum absolute atomic E-state index is 13.6. The van der Waals surface area contributed by atoms with Crippen molar-refractivity contribution in [1.29, 1.82) is 5.26 Å². The van der Waals surface area contributed by atoms with Crippen LogP contribution in [0.15, 0.2) is 42.5 Å². The first-order valence-electron chi connectivity index (χ1n) is 9.24. The molecule has 0 bridgehead atoms. The highest BCUT2D eigenvalue weighted by Gasteiger charge is 2.36. The molecule has 0 saturated carbocycles. The van der Waals surface area contributed by atoms with Gasteiger partial charge in [0.2, 0.25) is 5.91 Å². The van der Waals surface area contributed by atoms with Crippen LogP contribution in [0.1, 0.15) is 30.7 Å². The second-order valence-corrected chi connectivity index (χ2v) is 7.06. The van der Waals surface area contributed by atoms with Crippen LogP contribution in [0.4, 0.5) is 18.9 Å². The minimum absolute atomic E-state index is 0.00547. The van der Waals surface area contributed by atoms with Gasteiger partial charge in [-0.25, -0.2) is 0 Å². The van der Waals surface area contributed by atoms with Crippen LogP contribution in [0.2, 0.25) is 0 Å². The minimum atomic E-state index is -4.62. The van der Waals surface area contributed by atoms with Gasteiger partial charge in [-0.05, 0) is 56.3 Å². The highest BCUT2D eigenvalue weighted by Crippen LogP contribution is 2.38. The van der Waals surface area contributed by atoms with E-state index in [1.807, 2.05) is 6.92 Å². The van der Waals surface area contributed by atoms with Crippen molar-refractivity contribution >= 4 is 22.5 Å². The molecule has 30 heavy (non-hydrogen) atoms. The number of alkyl halides is 3. The summed E-state index contributed by atoms with van der Waals surface area (Å²) in [5.74, 6) is 0.401. The number of hydrogen-bond acceptors (Lipinski definition) is 3. The van der Waals surface area contributed by atoms with Crippen LogP contribution in [0.25, 0.3) is 10.9 Å². The van der Waals surface area contributed by atoms with Crippen LogP contribution < -0.4 is 10.1 Å². The second-order valence-electron chi connectivity index (χ2n) is 7.06. The lowest BCUT2D eigenvalue weighted by Crippen LogP contribution is -2.20. The molecule has 0 aliphatic carbocycles. The van der Waals surface area contributed by atoms with Crippen LogP contribution in [-0.4, -0.2) is 16.6 Å². The molecule has 1 unspecified atom stereocenters. The number of anilines is 1. The van der Waals surface area contributed by atoms with E-state index >= 15 is 0 Å². The molecular formula is C22H20F3N3O2. The van der Waals surface area contributed by atoms with Gasteiger partial charge in [0.1, 0.15) is 11.9 Å². The first-order chi connectivity index (χ1) is 14.1. The van der Waals surface area contributed by atoms with E-state index in [1.54, 1.807) is 41.8 Å². The van der Waals surface area contributed by atoms with Gasteiger partial charge in [0, 0.05) is 29.2 Å². The maximum atomic E-state index is 13.6. The van der Waals surface area contributed by atoms with E-state index in [-0.39, 0.29) is 17.4 Å². The average Bonchev–Trinajstić information content (AvgIpc) is 2.96. The van der Waals surface area contributed by atoms with Crippen molar-refractivity contribution < 1.29 is 22.7 Å². The molecule has 8 heteroatoms. The van der Waals surface area contributed by atoms with Crippen LogP contribution in [0.3, 0.4) is 0 Å². The lowest BCUT2D eigenvalue weighted by Gasteiger charge is -2.18. The van der Waals surface area contributed by atoms with E-state index in [2.05, 4.69) is 5.32 Å². The van der Waals surface area contributed by atoms with Crippen LogP contribution in [0.5, 0.6) is 5.75 Å². The third-order valence-corrected chi connectivity index (χ3v) is 4.65. The number of carbonyl (C=O) groups excluding carboxylic acids is 1. The second kappa shape index (κ2) is 8.11. The van der Waals surface area contributed by atoms with Crippen molar-refractivity contribution in [1.82, 2.24) is 4.57 Å². The van der Waals surface area contributed by atoms with Gasteiger partial charge >= 0.3 is 6.18 Å². The van der Waals surface area contributed by atoms with Crippen LogP contribution in [0, 0.1) is 18.3 Å². The van der Waals surface area contributed by atoms with Gasteiger partial charge in [0.15, 0.2) is 0 Å². The standard InChI is InChI=1S/C22H20F3N3O2/c1-13-10-19-20(9-4-16(11-26)21(19)22(23,24)25)28(13)12-14(2)30-18-7-5-17(6-8-18)27-15(3)29/h4-10,14H,12H2,1-3H3,(H,27,29). The number of benzene rings is 2. The molecule has 0 saturated heterocycles. The summed E-state index contributed by atoms with van der Waals surface area (Å²) in [5.41, 5.74) is 0.377.